The Morgan fingerprint density at radius 3 is 2.58 bits per heavy atom. The van der Waals surface area contributed by atoms with Gasteiger partial charge in [0, 0.05) is 19.4 Å². The van der Waals surface area contributed by atoms with Crippen molar-refractivity contribution in [2.24, 2.45) is 32.4 Å². The minimum absolute atomic E-state index is 0.0142. The lowest BCUT2D eigenvalue weighted by molar-refractivity contribution is -0.144. The van der Waals surface area contributed by atoms with Crippen LogP contribution in [0.25, 0.3) is 0 Å². The van der Waals surface area contributed by atoms with Crippen LogP contribution in [0.2, 0.25) is 0 Å². The molecular weight excluding hydrogens is 316 g/mol. The van der Waals surface area contributed by atoms with Crippen LogP contribution in [0.3, 0.4) is 0 Å². The second kappa shape index (κ2) is 10.8. The van der Waals surface area contributed by atoms with Gasteiger partial charge in [0.25, 0.3) is 0 Å². The smallest absolute Gasteiger partial charge is 0.349 e. The van der Waals surface area contributed by atoms with Gasteiger partial charge in [-0.25, -0.2) is 4.79 Å². The molecule has 0 atom stereocenters. The first-order chi connectivity index (χ1) is 11.7. The molecule has 1 aromatic heterocycles. The van der Waals surface area contributed by atoms with Crippen molar-refractivity contribution in [3.63, 3.8) is 0 Å². The van der Waals surface area contributed by atoms with Gasteiger partial charge in [0.1, 0.15) is 6.54 Å². The Morgan fingerprint density at radius 2 is 2.00 bits per heavy atom. The Kier molecular flexibility index (Phi) is 8.65. The molecule has 130 valence electrons. The summed E-state index contributed by atoms with van der Waals surface area (Å²) in [6.45, 7) is 4.81. The fraction of sp³-hybridized carbons (Fsp3) is 0.538. The number of rotatable bonds is 8. The zero-order chi connectivity index (χ0) is 17.8. The molecule has 0 spiro atoms. The van der Waals surface area contributed by atoms with E-state index in [9.17, 15) is 4.79 Å². The number of nitrogens with two attached hydrogens (primary N) is 2. The number of aromatic nitrogens is 2. The number of hydrogen-bond donors (Lipinski definition) is 2. The minimum Gasteiger partial charge on any atom is -0.351 e. The zero-order valence-electron chi connectivity index (χ0n) is 13.5. The summed E-state index contributed by atoms with van der Waals surface area (Å²) < 4.78 is 12.2. The molecule has 0 amide bonds. The van der Waals surface area contributed by atoms with Crippen LogP contribution in [0.15, 0.2) is 31.7 Å². The molecule has 0 aromatic carbocycles. The van der Waals surface area contributed by atoms with E-state index >= 15 is 0 Å². The highest BCUT2D eigenvalue weighted by atomic mass is 16.7. The quantitative estimate of drug-likeness (QED) is 0.228. The number of hydrogen-bond acceptors (Lipinski definition) is 8. The van der Waals surface area contributed by atoms with Crippen LogP contribution in [0.4, 0.5) is 5.82 Å². The van der Waals surface area contributed by atoms with Gasteiger partial charge < -0.3 is 21.2 Å². The topological polar surface area (TPSA) is 155 Å². The van der Waals surface area contributed by atoms with Gasteiger partial charge in [-0.3, -0.25) is 4.57 Å². The molecule has 11 heteroatoms. The van der Waals surface area contributed by atoms with E-state index in [4.69, 9.17) is 21.2 Å². The minimum atomic E-state index is -0.576. The van der Waals surface area contributed by atoms with Crippen molar-refractivity contribution in [1.82, 2.24) is 9.55 Å². The van der Waals surface area contributed by atoms with Gasteiger partial charge in [0.05, 0.1) is 12.1 Å². The molecule has 4 N–H and O–H groups in total. The molecule has 1 aromatic rings. The summed E-state index contributed by atoms with van der Waals surface area (Å²) in [7, 11) is 0. The third kappa shape index (κ3) is 6.11. The van der Waals surface area contributed by atoms with E-state index in [-0.39, 0.29) is 18.9 Å². The molecule has 0 unspecified atom stereocenters. The second-order valence-electron chi connectivity index (χ2n) is 4.19. The number of nitrogens with zero attached hydrogens (tertiary/aromatic N) is 6. The summed E-state index contributed by atoms with van der Waals surface area (Å²) in [6, 6.07) is 0. The largest absolute Gasteiger partial charge is 0.351 e. The first-order valence-electron chi connectivity index (χ1n) is 7.17. The van der Waals surface area contributed by atoms with Crippen LogP contribution in [0, 0.1) is 11.8 Å². The Balaban J connectivity index is 3.16. The summed E-state index contributed by atoms with van der Waals surface area (Å²) in [5.74, 6) is 15.4. The molecule has 0 aliphatic heterocycles. The molecule has 1 heterocycles. The predicted molar refractivity (Wildman–Crippen MR) is 85.0 cm³/mol. The fourth-order valence-corrected chi connectivity index (χ4v) is 1.73. The third-order valence-corrected chi connectivity index (χ3v) is 2.63. The third-order valence-electron chi connectivity index (χ3n) is 2.63. The van der Waals surface area contributed by atoms with Crippen LogP contribution in [-0.2, 0) is 16.0 Å². The second-order valence-corrected chi connectivity index (χ2v) is 4.19. The lowest BCUT2D eigenvalue weighted by Gasteiger charge is -2.17. The SMILES string of the molecule is CCOC(Cn1cc(C#CCN=NN)c(N=NN)nc1=O)OCC. The first-order valence-corrected chi connectivity index (χ1v) is 7.17. The summed E-state index contributed by atoms with van der Waals surface area (Å²) in [5.41, 5.74) is -0.197. The molecule has 1 rings (SSSR count). The maximum Gasteiger partial charge on any atom is 0.349 e. The zero-order valence-corrected chi connectivity index (χ0v) is 13.5. The summed E-state index contributed by atoms with van der Waals surface area (Å²) >= 11 is 0. The Hall–Kier alpha value is -2.84. The number of ether oxygens (including phenoxy) is 2. The lowest BCUT2D eigenvalue weighted by atomic mass is 10.3. The first kappa shape index (κ1) is 19.2. The van der Waals surface area contributed by atoms with Crippen LogP contribution in [0.5, 0.6) is 0 Å². The van der Waals surface area contributed by atoms with Crippen molar-refractivity contribution in [2.45, 2.75) is 26.7 Å². The summed E-state index contributed by atoms with van der Waals surface area (Å²) in [5, 5.41) is 13.3. The average Bonchev–Trinajstić information content (AvgIpc) is 2.56. The highest BCUT2D eigenvalue weighted by Crippen LogP contribution is 2.12. The van der Waals surface area contributed by atoms with Crippen molar-refractivity contribution in [3.8, 4) is 11.8 Å². The molecule has 0 bridgehead atoms. The highest BCUT2D eigenvalue weighted by Gasteiger charge is 2.13. The molecule has 11 nitrogen and oxygen atoms in total. The van der Waals surface area contributed by atoms with Gasteiger partial charge in [-0.2, -0.15) is 10.1 Å². The van der Waals surface area contributed by atoms with Crippen LogP contribution >= 0.6 is 0 Å². The van der Waals surface area contributed by atoms with E-state index in [0.29, 0.717) is 18.8 Å². The van der Waals surface area contributed by atoms with Gasteiger partial charge in [-0.05, 0) is 13.8 Å². The molecule has 24 heavy (non-hydrogen) atoms. The monoisotopic (exact) mass is 336 g/mol. The van der Waals surface area contributed by atoms with Gasteiger partial charge in [0.15, 0.2) is 12.1 Å². The Morgan fingerprint density at radius 1 is 1.29 bits per heavy atom. The molecule has 0 aliphatic carbocycles. The maximum absolute atomic E-state index is 12.1. The van der Waals surface area contributed by atoms with E-state index in [1.165, 1.54) is 10.8 Å². The average molecular weight is 336 g/mol. The molecule has 0 saturated heterocycles. The molecular formula is C13H20N8O3. The van der Waals surface area contributed by atoms with Crippen LogP contribution < -0.4 is 17.4 Å². The van der Waals surface area contributed by atoms with Crippen molar-refractivity contribution < 1.29 is 9.47 Å². The van der Waals surface area contributed by atoms with Gasteiger partial charge in [-0.1, -0.05) is 22.3 Å². The normalized spacial score (nSPS) is 11.3. The van der Waals surface area contributed by atoms with Crippen molar-refractivity contribution >= 4 is 5.82 Å². The van der Waals surface area contributed by atoms with E-state index in [1.54, 1.807) is 0 Å². The van der Waals surface area contributed by atoms with E-state index in [2.05, 4.69) is 37.5 Å². The Bertz CT molecular complexity index is 683. The summed E-state index contributed by atoms with van der Waals surface area (Å²) in [4.78, 5) is 15.9. The van der Waals surface area contributed by atoms with Gasteiger partial charge >= 0.3 is 5.69 Å². The summed E-state index contributed by atoms with van der Waals surface area (Å²) in [6.07, 6.45) is 0.907. The van der Waals surface area contributed by atoms with E-state index in [1.807, 2.05) is 13.8 Å². The van der Waals surface area contributed by atoms with E-state index < -0.39 is 12.0 Å². The molecule has 0 aliphatic rings. The van der Waals surface area contributed by atoms with E-state index in [0.717, 1.165) is 0 Å². The fourth-order valence-electron chi connectivity index (χ4n) is 1.73. The van der Waals surface area contributed by atoms with Crippen molar-refractivity contribution in [3.05, 3.63) is 22.2 Å². The van der Waals surface area contributed by atoms with Crippen LogP contribution in [0.1, 0.15) is 19.4 Å². The molecule has 0 saturated carbocycles. The van der Waals surface area contributed by atoms with Gasteiger partial charge in [-0.15, -0.1) is 5.11 Å². The molecule has 0 radical (unpaired) electrons. The standard InChI is InChI=1S/C13H20N8O3/c1-3-23-11(24-4-2)9-21-8-10(6-5-7-16-19-14)12(18-20-15)17-13(21)22/h8,11H,3-4,7,9H2,1-2H3,(H2,14,16)(H2,15,17,18,22). The lowest BCUT2D eigenvalue weighted by Crippen LogP contribution is -2.31. The maximum atomic E-state index is 12.1. The van der Waals surface area contributed by atoms with Gasteiger partial charge in [0.2, 0.25) is 0 Å². The predicted octanol–water partition coefficient (Wildman–Crippen LogP) is 0.277. The van der Waals surface area contributed by atoms with Crippen molar-refractivity contribution in [1.29, 1.82) is 0 Å². The highest BCUT2D eigenvalue weighted by molar-refractivity contribution is 5.48. The van der Waals surface area contributed by atoms with Crippen LogP contribution in [-0.4, -0.2) is 35.6 Å². The van der Waals surface area contributed by atoms with Crippen molar-refractivity contribution in [2.75, 3.05) is 19.8 Å². The Labute approximate surface area is 138 Å². The molecule has 0 fully saturated rings.